The van der Waals surface area contributed by atoms with Crippen LogP contribution in [0.3, 0.4) is 0 Å². The van der Waals surface area contributed by atoms with Crippen LogP contribution >= 0.6 is 0 Å². The van der Waals surface area contributed by atoms with Gasteiger partial charge in [-0.1, -0.05) is 39.3 Å². The summed E-state index contributed by atoms with van der Waals surface area (Å²) in [7, 11) is 1.62. The van der Waals surface area contributed by atoms with E-state index in [0.29, 0.717) is 31.6 Å². The lowest BCUT2D eigenvalue weighted by atomic mass is 9.85. The van der Waals surface area contributed by atoms with E-state index in [1.165, 1.54) is 4.90 Å². The number of methoxy groups -OCH3 is 1. The van der Waals surface area contributed by atoms with Gasteiger partial charge in [0.05, 0.1) is 38.6 Å². The number of aryl methyl sites for hydroxylation is 2. The molecule has 1 saturated carbocycles. The van der Waals surface area contributed by atoms with E-state index in [-0.39, 0.29) is 32.0 Å². The van der Waals surface area contributed by atoms with Crippen molar-refractivity contribution in [1.29, 1.82) is 0 Å². The quantitative estimate of drug-likeness (QED) is 0.278. The van der Waals surface area contributed by atoms with Crippen molar-refractivity contribution in [2.75, 3.05) is 26.9 Å². The van der Waals surface area contributed by atoms with Crippen LogP contribution in [0.2, 0.25) is 0 Å². The second-order valence-electron chi connectivity index (χ2n) is 15.1. The van der Waals surface area contributed by atoms with E-state index >= 15 is 0 Å². The summed E-state index contributed by atoms with van der Waals surface area (Å²) in [6.07, 6.45) is 2.18. The van der Waals surface area contributed by atoms with Crippen LogP contribution in [0, 0.1) is 19.3 Å². The van der Waals surface area contributed by atoms with Gasteiger partial charge in [-0.05, 0) is 61.8 Å². The van der Waals surface area contributed by atoms with Gasteiger partial charge >= 0.3 is 6.09 Å². The van der Waals surface area contributed by atoms with Crippen molar-refractivity contribution in [2.24, 2.45) is 10.6 Å². The summed E-state index contributed by atoms with van der Waals surface area (Å²) in [4.78, 5) is 75.1. The average molecular weight is 698 g/mol. The third-order valence-electron chi connectivity index (χ3n) is 9.71. The van der Waals surface area contributed by atoms with E-state index in [1.807, 2.05) is 53.7 Å². The monoisotopic (exact) mass is 697 g/mol. The smallest absolute Gasteiger partial charge is 0.408 e. The molecule has 3 N–H and O–H groups in total. The van der Waals surface area contributed by atoms with Gasteiger partial charge < -0.3 is 39.9 Å². The molecule has 5 atom stereocenters. The Morgan fingerprint density at radius 3 is 2.36 bits per heavy atom. The molecular weight excluding hydrogens is 646 g/mol. The number of likely N-dealkylation sites (tertiary alicyclic amines) is 1. The number of amides is 4. The van der Waals surface area contributed by atoms with Crippen LogP contribution in [0.25, 0.3) is 0 Å². The molecule has 4 amide bonds. The van der Waals surface area contributed by atoms with Crippen LogP contribution in [0.1, 0.15) is 89.3 Å². The molecule has 274 valence electrons. The first-order valence-corrected chi connectivity index (χ1v) is 17.6. The number of ketones is 1. The molecule has 0 bridgehead atoms. The van der Waals surface area contributed by atoms with Crippen molar-refractivity contribution in [2.45, 2.75) is 122 Å². The van der Waals surface area contributed by atoms with Crippen molar-refractivity contribution in [3.05, 3.63) is 28.8 Å². The van der Waals surface area contributed by atoms with Gasteiger partial charge in [0.2, 0.25) is 17.6 Å². The fourth-order valence-corrected chi connectivity index (χ4v) is 6.91. The van der Waals surface area contributed by atoms with E-state index in [2.05, 4.69) is 21.1 Å². The number of alkyl carbamates (subject to hydrolysis) is 1. The summed E-state index contributed by atoms with van der Waals surface area (Å²) in [6, 6.07) is 0.678. The summed E-state index contributed by atoms with van der Waals surface area (Å²) in [5, 5.41) is 12.7. The van der Waals surface area contributed by atoms with Gasteiger partial charge in [0.25, 0.3) is 5.91 Å². The highest BCUT2D eigenvalue weighted by Gasteiger charge is 2.56. The van der Waals surface area contributed by atoms with Crippen molar-refractivity contribution < 1.29 is 43.0 Å². The largest absolute Gasteiger partial charge is 0.496 e. The third kappa shape index (κ3) is 8.39. The van der Waals surface area contributed by atoms with Crippen LogP contribution < -0.4 is 20.7 Å². The molecule has 2 saturated heterocycles. The molecule has 1 aliphatic carbocycles. The number of Topliss-reactive ketones (excluding diaryl/α,β-unsaturated/α-hetero) is 1. The SMILES string of the molecule is CCC[C@H](NC(=O)[C@@H]1C[C@]2(CC(c3cc(C)c(OC)c(C)c3)=NO2)CN1C(=O)[C@@H](NC(=O)O[C@H]1CCOC1)C(C)(C)C)C(=O)C(=O)NC1CC1. The number of hydrogen-bond donors (Lipinski definition) is 3. The number of nitrogens with zero attached hydrogens (tertiary/aromatic N) is 2. The van der Waals surface area contributed by atoms with Crippen molar-refractivity contribution >= 4 is 35.3 Å². The van der Waals surface area contributed by atoms with E-state index in [4.69, 9.17) is 19.0 Å². The summed E-state index contributed by atoms with van der Waals surface area (Å²) < 4.78 is 16.4. The predicted octanol–water partition coefficient (Wildman–Crippen LogP) is 2.84. The Balaban J connectivity index is 1.40. The first kappa shape index (κ1) is 37.1. The lowest BCUT2D eigenvalue weighted by Crippen LogP contribution is -2.59. The van der Waals surface area contributed by atoms with Gasteiger partial charge in [0, 0.05) is 30.9 Å². The van der Waals surface area contributed by atoms with Gasteiger partial charge in [-0.15, -0.1) is 0 Å². The molecule has 0 radical (unpaired) electrons. The van der Waals surface area contributed by atoms with Crippen molar-refractivity contribution in [1.82, 2.24) is 20.9 Å². The summed E-state index contributed by atoms with van der Waals surface area (Å²) in [6.45, 7) is 11.9. The Hall–Kier alpha value is -4.20. The van der Waals surface area contributed by atoms with Crippen LogP contribution in [-0.2, 0) is 33.5 Å². The predicted molar refractivity (Wildman–Crippen MR) is 183 cm³/mol. The zero-order valence-electron chi connectivity index (χ0n) is 30.2. The molecule has 1 aromatic rings. The molecule has 50 heavy (non-hydrogen) atoms. The minimum atomic E-state index is -1.08. The number of hydrogen-bond acceptors (Lipinski definition) is 10. The second kappa shape index (κ2) is 15.0. The van der Waals surface area contributed by atoms with E-state index in [1.54, 1.807) is 7.11 Å². The Labute approximate surface area is 293 Å². The molecule has 14 heteroatoms. The molecule has 5 rings (SSSR count). The molecule has 4 aliphatic rings. The third-order valence-corrected chi connectivity index (χ3v) is 9.71. The lowest BCUT2D eigenvalue weighted by molar-refractivity contribution is -0.144. The maximum absolute atomic E-state index is 14.5. The summed E-state index contributed by atoms with van der Waals surface area (Å²) in [5.41, 5.74) is 1.53. The molecule has 14 nitrogen and oxygen atoms in total. The fourth-order valence-electron chi connectivity index (χ4n) is 6.91. The van der Waals surface area contributed by atoms with Crippen LogP contribution in [0.15, 0.2) is 17.3 Å². The minimum Gasteiger partial charge on any atom is -0.496 e. The Bertz CT molecular complexity index is 1500. The summed E-state index contributed by atoms with van der Waals surface area (Å²) >= 11 is 0. The fraction of sp³-hybridized carbons (Fsp3) is 0.667. The van der Waals surface area contributed by atoms with Crippen LogP contribution in [0.4, 0.5) is 4.79 Å². The first-order chi connectivity index (χ1) is 23.6. The Morgan fingerprint density at radius 1 is 1.08 bits per heavy atom. The van der Waals surface area contributed by atoms with Crippen molar-refractivity contribution in [3.63, 3.8) is 0 Å². The number of benzene rings is 1. The number of carbonyl (C=O) groups excluding carboxylic acids is 5. The number of ether oxygens (including phenoxy) is 3. The Kier molecular flexibility index (Phi) is 11.1. The lowest BCUT2D eigenvalue weighted by Gasteiger charge is -2.35. The molecule has 3 aliphatic heterocycles. The van der Waals surface area contributed by atoms with Gasteiger partial charge in [-0.3, -0.25) is 19.2 Å². The molecule has 1 spiro atoms. The number of rotatable bonds is 12. The number of nitrogens with one attached hydrogen (secondary N) is 3. The highest BCUT2D eigenvalue weighted by atomic mass is 16.7. The average Bonchev–Trinajstić information content (AvgIpc) is 3.40. The van der Waals surface area contributed by atoms with Gasteiger partial charge in [0.15, 0.2) is 5.60 Å². The van der Waals surface area contributed by atoms with E-state index < -0.39 is 64.8 Å². The maximum Gasteiger partial charge on any atom is 0.408 e. The second-order valence-corrected chi connectivity index (χ2v) is 15.1. The zero-order chi connectivity index (χ0) is 36.4. The normalized spacial score (nSPS) is 24.2. The summed E-state index contributed by atoms with van der Waals surface area (Å²) in [5.74, 6) is -1.77. The van der Waals surface area contributed by atoms with Crippen LogP contribution in [0.5, 0.6) is 5.75 Å². The first-order valence-electron chi connectivity index (χ1n) is 17.6. The van der Waals surface area contributed by atoms with Gasteiger partial charge in [0.1, 0.15) is 23.9 Å². The van der Waals surface area contributed by atoms with Gasteiger partial charge in [-0.25, -0.2) is 4.79 Å². The number of carbonyl (C=O) groups is 5. The molecule has 3 fully saturated rings. The van der Waals surface area contributed by atoms with Gasteiger partial charge in [-0.2, -0.15) is 0 Å². The topological polar surface area (TPSA) is 174 Å². The molecule has 1 aromatic carbocycles. The highest BCUT2D eigenvalue weighted by Crippen LogP contribution is 2.41. The minimum absolute atomic E-state index is 0.000626. The standard InChI is InChI=1S/C36H51N5O9/c1-8-9-25(28(42)32(44)37-23-10-11-23)38-31(43)27-17-36(16-26(40-50-36)22-14-20(2)29(47-7)21(3)15-22)19-41(27)33(45)30(35(4,5)6)39-34(46)49-24-12-13-48-18-24/h14-15,23-25,27,30H,8-13,16-19H2,1-7H3,(H,37,44)(H,38,43)(H,39,46)/t24-,25-,27-,30+,36+/m0/s1. The highest BCUT2D eigenvalue weighted by molar-refractivity contribution is 6.38. The van der Waals surface area contributed by atoms with E-state index in [9.17, 15) is 24.0 Å². The molecule has 0 unspecified atom stereocenters. The van der Waals surface area contributed by atoms with E-state index in [0.717, 1.165) is 35.3 Å². The van der Waals surface area contributed by atoms with Crippen LogP contribution in [-0.4, -0.2) is 103 Å². The number of oxime groups is 1. The Morgan fingerprint density at radius 2 is 1.78 bits per heavy atom. The molecular formula is C36H51N5O9. The molecule has 0 aromatic heterocycles. The molecule has 3 heterocycles. The zero-order valence-corrected chi connectivity index (χ0v) is 30.2. The maximum atomic E-state index is 14.5. The van der Waals surface area contributed by atoms with Crippen molar-refractivity contribution in [3.8, 4) is 5.75 Å².